The molecule has 0 bridgehead atoms. The molecule has 11 heteroatoms. The SMILES string of the molecule is Cc1nccn1-c1cc(NC(=O)c2c[nH]c(=O)n(-c3ccc(F)cc3)c2=O)ncn1. The standard InChI is InChI=1S/C19H14FN7O3/c1-11-21-6-7-26(11)16-8-15(23-10-24-16)25-17(28)14-9-22-19(30)27(18(14)29)13-4-2-12(20)3-5-13/h2-10H,1H3,(H,22,30)(H,23,24,25,28). The Labute approximate surface area is 167 Å². The van der Waals surface area contributed by atoms with Crippen LogP contribution in [0, 0.1) is 12.7 Å². The van der Waals surface area contributed by atoms with E-state index in [1.165, 1.54) is 24.5 Å². The lowest BCUT2D eigenvalue weighted by atomic mass is 10.2. The molecule has 4 aromatic rings. The van der Waals surface area contributed by atoms with Gasteiger partial charge < -0.3 is 10.3 Å². The number of H-pyrrole nitrogens is 1. The molecule has 0 atom stereocenters. The second-order valence-corrected chi connectivity index (χ2v) is 6.18. The molecule has 1 aromatic carbocycles. The lowest BCUT2D eigenvalue weighted by Crippen LogP contribution is -2.38. The summed E-state index contributed by atoms with van der Waals surface area (Å²) >= 11 is 0. The number of hydrogen-bond acceptors (Lipinski definition) is 6. The van der Waals surface area contributed by atoms with Gasteiger partial charge in [-0.15, -0.1) is 0 Å². The zero-order valence-electron chi connectivity index (χ0n) is 15.5. The van der Waals surface area contributed by atoms with Crippen molar-refractivity contribution < 1.29 is 9.18 Å². The number of aromatic nitrogens is 6. The summed E-state index contributed by atoms with van der Waals surface area (Å²) in [5.74, 6) is 0.00949. The highest BCUT2D eigenvalue weighted by Gasteiger charge is 2.17. The zero-order valence-corrected chi connectivity index (χ0v) is 15.5. The van der Waals surface area contributed by atoms with Crippen LogP contribution >= 0.6 is 0 Å². The first-order valence-electron chi connectivity index (χ1n) is 8.68. The molecule has 0 fully saturated rings. The molecule has 0 unspecified atom stereocenters. The number of benzene rings is 1. The van der Waals surface area contributed by atoms with Gasteiger partial charge in [0.05, 0.1) is 5.69 Å². The highest BCUT2D eigenvalue weighted by atomic mass is 19.1. The van der Waals surface area contributed by atoms with Crippen molar-refractivity contribution in [3.05, 3.63) is 93.3 Å². The van der Waals surface area contributed by atoms with Crippen molar-refractivity contribution in [3.63, 3.8) is 0 Å². The molecular weight excluding hydrogens is 393 g/mol. The summed E-state index contributed by atoms with van der Waals surface area (Å²) in [6.07, 6.45) is 5.58. The quantitative estimate of drug-likeness (QED) is 0.523. The van der Waals surface area contributed by atoms with E-state index in [0.29, 0.717) is 11.6 Å². The normalized spacial score (nSPS) is 10.7. The summed E-state index contributed by atoms with van der Waals surface area (Å²) < 4.78 is 15.6. The topological polar surface area (TPSA) is 128 Å². The Morgan fingerprint density at radius 3 is 2.60 bits per heavy atom. The molecule has 0 spiro atoms. The first kappa shape index (κ1) is 18.9. The van der Waals surface area contributed by atoms with Crippen molar-refractivity contribution in [3.8, 4) is 11.5 Å². The molecule has 0 saturated heterocycles. The van der Waals surface area contributed by atoms with Gasteiger partial charge in [0.2, 0.25) is 0 Å². The molecule has 0 aliphatic heterocycles. The van der Waals surface area contributed by atoms with Gasteiger partial charge in [0.1, 0.15) is 35.2 Å². The molecule has 1 amide bonds. The largest absolute Gasteiger partial charge is 0.333 e. The summed E-state index contributed by atoms with van der Waals surface area (Å²) in [5.41, 5.74) is -1.82. The Hall–Kier alpha value is -4.41. The number of carbonyl (C=O) groups is 1. The molecular formula is C19H14FN7O3. The molecule has 0 saturated carbocycles. The van der Waals surface area contributed by atoms with E-state index in [9.17, 15) is 18.8 Å². The number of amides is 1. The van der Waals surface area contributed by atoms with Crippen LogP contribution in [0.15, 0.2) is 64.8 Å². The van der Waals surface area contributed by atoms with Crippen LogP contribution in [0.2, 0.25) is 0 Å². The Morgan fingerprint density at radius 1 is 1.13 bits per heavy atom. The first-order chi connectivity index (χ1) is 14.4. The molecule has 3 aromatic heterocycles. The van der Waals surface area contributed by atoms with Crippen LogP contribution in [-0.2, 0) is 0 Å². The van der Waals surface area contributed by atoms with Crippen molar-refractivity contribution in [2.75, 3.05) is 5.32 Å². The van der Waals surface area contributed by atoms with Crippen molar-refractivity contribution in [1.82, 2.24) is 29.1 Å². The Bertz CT molecular complexity index is 1360. The van der Waals surface area contributed by atoms with E-state index in [2.05, 4.69) is 25.3 Å². The fourth-order valence-corrected chi connectivity index (χ4v) is 2.81. The number of rotatable bonds is 4. The maximum atomic E-state index is 13.2. The zero-order chi connectivity index (χ0) is 21.3. The number of aryl methyl sites for hydroxylation is 1. The highest BCUT2D eigenvalue weighted by Crippen LogP contribution is 2.11. The fraction of sp³-hybridized carbons (Fsp3) is 0.0526. The second-order valence-electron chi connectivity index (χ2n) is 6.18. The number of imidazole rings is 1. The molecule has 10 nitrogen and oxygen atoms in total. The number of nitrogens with zero attached hydrogens (tertiary/aromatic N) is 5. The van der Waals surface area contributed by atoms with Crippen molar-refractivity contribution in [2.24, 2.45) is 0 Å². The van der Waals surface area contributed by atoms with E-state index in [-0.39, 0.29) is 17.1 Å². The number of hydrogen-bond donors (Lipinski definition) is 2. The number of carbonyl (C=O) groups excluding carboxylic acids is 1. The van der Waals surface area contributed by atoms with Gasteiger partial charge in [-0.05, 0) is 31.2 Å². The Kier molecular flexibility index (Phi) is 4.76. The van der Waals surface area contributed by atoms with Gasteiger partial charge in [-0.1, -0.05) is 0 Å². The average Bonchev–Trinajstić information content (AvgIpc) is 3.15. The Morgan fingerprint density at radius 2 is 1.90 bits per heavy atom. The van der Waals surface area contributed by atoms with E-state index < -0.39 is 23.0 Å². The summed E-state index contributed by atoms with van der Waals surface area (Å²) in [7, 11) is 0. The fourth-order valence-electron chi connectivity index (χ4n) is 2.81. The van der Waals surface area contributed by atoms with E-state index in [1.54, 1.807) is 23.9 Å². The van der Waals surface area contributed by atoms with E-state index in [1.807, 2.05) is 0 Å². The van der Waals surface area contributed by atoms with Crippen molar-refractivity contribution in [1.29, 1.82) is 0 Å². The lowest BCUT2D eigenvalue weighted by molar-refractivity contribution is 0.102. The molecule has 150 valence electrons. The maximum absolute atomic E-state index is 13.2. The van der Waals surface area contributed by atoms with Gasteiger partial charge >= 0.3 is 5.69 Å². The molecule has 3 heterocycles. The van der Waals surface area contributed by atoms with Gasteiger partial charge in [-0.2, -0.15) is 0 Å². The van der Waals surface area contributed by atoms with Crippen LogP contribution in [0.5, 0.6) is 0 Å². The maximum Gasteiger partial charge on any atom is 0.333 e. The molecule has 0 radical (unpaired) electrons. The Balaban J connectivity index is 1.67. The summed E-state index contributed by atoms with van der Waals surface area (Å²) in [6.45, 7) is 1.79. The highest BCUT2D eigenvalue weighted by molar-refractivity contribution is 6.03. The van der Waals surface area contributed by atoms with Gasteiger partial charge in [-0.3, -0.25) is 14.2 Å². The molecule has 0 aliphatic carbocycles. The van der Waals surface area contributed by atoms with E-state index in [4.69, 9.17) is 0 Å². The van der Waals surface area contributed by atoms with Crippen LogP contribution in [0.4, 0.5) is 10.2 Å². The van der Waals surface area contributed by atoms with Crippen LogP contribution in [0.1, 0.15) is 16.2 Å². The predicted molar refractivity (Wildman–Crippen MR) is 104 cm³/mol. The molecule has 2 N–H and O–H groups in total. The monoisotopic (exact) mass is 407 g/mol. The van der Waals surface area contributed by atoms with Crippen LogP contribution in [0.3, 0.4) is 0 Å². The summed E-state index contributed by atoms with van der Waals surface area (Å²) in [4.78, 5) is 52.1. The summed E-state index contributed by atoms with van der Waals surface area (Å²) in [6, 6.07) is 6.25. The third kappa shape index (κ3) is 3.51. The molecule has 4 rings (SSSR count). The van der Waals surface area contributed by atoms with Gasteiger partial charge in [0, 0.05) is 24.7 Å². The minimum Gasteiger partial charge on any atom is -0.313 e. The third-order valence-electron chi connectivity index (χ3n) is 4.27. The van der Waals surface area contributed by atoms with E-state index >= 15 is 0 Å². The first-order valence-corrected chi connectivity index (χ1v) is 8.68. The van der Waals surface area contributed by atoms with Crippen molar-refractivity contribution >= 4 is 11.7 Å². The number of halogens is 1. The van der Waals surface area contributed by atoms with Gasteiger partial charge in [-0.25, -0.2) is 28.7 Å². The van der Waals surface area contributed by atoms with Gasteiger partial charge in [0.15, 0.2) is 0 Å². The minimum atomic E-state index is -0.859. The minimum absolute atomic E-state index is 0.122. The van der Waals surface area contributed by atoms with Crippen LogP contribution in [-0.4, -0.2) is 35.0 Å². The van der Waals surface area contributed by atoms with Crippen LogP contribution in [0.25, 0.3) is 11.5 Å². The third-order valence-corrected chi connectivity index (χ3v) is 4.27. The van der Waals surface area contributed by atoms with Crippen LogP contribution < -0.4 is 16.6 Å². The predicted octanol–water partition coefficient (Wildman–Crippen LogP) is 1.20. The number of nitrogens with one attached hydrogen (secondary N) is 2. The van der Waals surface area contributed by atoms with Crippen molar-refractivity contribution in [2.45, 2.75) is 6.92 Å². The second kappa shape index (κ2) is 7.54. The smallest absolute Gasteiger partial charge is 0.313 e. The molecule has 30 heavy (non-hydrogen) atoms. The van der Waals surface area contributed by atoms with Gasteiger partial charge in [0.25, 0.3) is 11.5 Å². The average molecular weight is 407 g/mol. The molecule has 0 aliphatic rings. The number of anilines is 1. The number of aromatic amines is 1. The summed E-state index contributed by atoms with van der Waals surface area (Å²) in [5, 5.41) is 2.51. The lowest BCUT2D eigenvalue weighted by Gasteiger charge is -2.09. The van der Waals surface area contributed by atoms with E-state index in [0.717, 1.165) is 22.9 Å².